The van der Waals surface area contributed by atoms with Crippen LogP contribution in [0, 0.1) is 0 Å². The molecule has 1 aromatic carbocycles. The number of methoxy groups -OCH3 is 1. The third kappa shape index (κ3) is 1.89. The largest absolute Gasteiger partial charge is 0.495 e. The maximum atomic E-state index is 12.6. The number of carbonyl (C=O) groups excluding carboxylic acids is 1. The number of ketones is 1. The van der Waals surface area contributed by atoms with E-state index in [1.165, 1.54) is 7.11 Å². The van der Waals surface area contributed by atoms with Crippen LogP contribution in [0.4, 0.5) is 5.69 Å². The van der Waals surface area contributed by atoms with Crippen molar-refractivity contribution in [2.45, 2.75) is 0 Å². The highest BCUT2D eigenvalue weighted by Gasteiger charge is 2.15. The number of aromatic nitrogens is 2. The van der Waals surface area contributed by atoms with Gasteiger partial charge in [-0.3, -0.25) is 4.79 Å². The van der Waals surface area contributed by atoms with Crippen molar-refractivity contribution < 1.29 is 9.53 Å². The lowest BCUT2D eigenvalue weighted by Gasteiger charge is -2.06. The maximum absolute atomic E-state index is 12.6. The van der Waals surface area contributed by atoms with Gasteiger partial charge in [-0.2, -0.15) is 0 Å². The average molecular weight is 267 g/mol. The number of hydrogen-bond donors (Lipinski definition) is 2. The highest BCUT2D eigenvalue weighted by atomic mass is 16.5. The molecule has 20 heavy (non-hydrogen) atoms. The van der Waals surface area contributed by atoms with E-state index in [2.05, 4.69) is 9.97 Å². The van der Waals surface area contributed by atoms with Crippen LogP contribution in [-0.4, -0.2) is 22.9 Å². The van der Waals surface area contributed by atoms with Crippen LogP contribution in [0.25, 0.3) is 11.0 Å². The van der Waals surface area contributed by atoms with Gasteiger partial charge in [0.25, 0.3) is 0 Å². The number of aromatic amines is 1. The van der Waals surface area contributed by atoms with Crippen molar-refractivity contribution in [2.24, 2.45) is 0 Å². The monoisotopic (exact) mass is 267 g/mol. The van der Waals surface area contributed by atoms with Gasteiger partial charge in [0.15, 0.2) is 5.78 Å². The summed E-state index contributed by atoms with van der Waals surface area (Å²) in [4.78, 5) is 19.7. The summed E-state index contributed by atoms with van der Waals surface area (Å²) in [5.41, 5.74) is 8.07. The number of H-pyrrole nitrogens is 1. The molecule has 100 valence electrons. The minimum atomic E-state index is -0.0949. The van der Waals surface area contributed by atoms with E-state index in [9.17, 15) is 4.79 Å². The van der Waals surface area contributed by atoms with Crippen LogP contribution < -0.4 is 10.5 Å². The number of anilines is 1. The Kier molecular flexibility index (Phi) is 2.87. The van der Waals surface area contributed by atoms with E-state index >= 15 is 0 Å². The number of pyridine rings is 1. The summed E-state index contributed by atoms with van der Waals surface area (Å²) in [5.74, 6) is 0.399. The quantitative estimate of drug-likeness (QED) is 0.564. The molecule has 2 aromatic heterocycles. The van der Waals surface area contributed by atoms with Gasteiger partial charge in [0, 0.05) is 28.9 Å². The predicted octanol–water partition coefficient (Wildman–Crippen LogP) is 2.38. The second kappa shape index (κ2) is 4.70. The predicted molar refractivity (Wildman–Crippen MR) is 76.9 cm³/mol. The van der Waals surface area contributed by atoms with Crippen molar-refractivity contribution >= 4 is 22.5 Å². The zero-order chi connectivity index (χ0) is 14.1. The van der Waals surface area contributed by atoms with Crippen molar-refractivity contribution in [1.82, 2.24) is 9.97 Å². The highest BCUT2D eigenvalue weighted by Crippen LogP contribution is 2.25. The smallest absolute Gasteiger partial charge is 0.195 e. The standard InChI is InChI=1S/C15H13N3O2/c1-20-13-7-9(4-5-12(13)16)14(19)11-8-18-15-10(11)3-2-6-17-15/h2-8H,16H2,1H3,(H,17,18). The topological polar surface area (TPSA) is 81.0 Å². The summed E-state index contributed by atoms with van der Waals surface area (Å²) in [7, 11) is 1.52. The van der Waals surface area contributed by atoms with E-state index in [1.54, 1.807) is 36.7 Å². The Labute approximate surface area is 115 Å². The van der Waals surface area contributed by atoms with Gasteiger partial charge in [0.05, 0.1) is 12.8 Å². The molecule has 5 heteroatoms. The molecule has 0 amide bonds. The zero-order valence-corrected chi connectivity index (χ0v) is 10.9. The molecule has 5 nitrogen and oxygen atoms in total. The molecule has 3 rings (SSSR count). The van der Waals surface area contributed by atoms with Crippen LogP contribution >= 0.6 is 0 Å². The first-order valence-corrected chi connectivity index (χ1v) is 6.11. The van der Waals surface area contributed by atoms with E-state index in [-0.39, 0.29) is 5.78 Å². The summed E-state index contributed by atoms with van der Waals surface area (Å²) in [5, 5.41) is 0.799. The van der Waals surface area contributed by atoms with Crippen LogP contribution in [0.3, 0.4) is 0 Å². The van der Waals surface area contributed by atoms with Gasteiger partial charge in [-0.05, 0) is 30.3 Å². The molecule has 0 saturated carbocycles. The van der Waals surface area contributed by atoms with E-state index in [0.717, 1.165) is 5.39 Å². The van der Waals surface area contributed by atoms with E-state index in [4.69, 9.17) is 10.5 Å². The first-order chi connectivity index (χ1) is 9.70. The van der Waals surface area contributed by atoms with E-state index in [1.807, 2.05) is 6.07 Å². The summed E-state index contributed by atoms with van der Waals surface area (Å²) in [6, 6.07) is 8.67. The zero-order valence-electron chi connectivity index (χ0n) is 10.9. The number of nitrogens with one attached hydrogen (secondary N) is 1. The Bertz CT molecular complexity index is 793. The fourth-order valence-electron chi connectivity index (χ4n) is 2.15. The van der Waals surface area contributed by atoms with Gasteiger partial charge in [-0.25, -0.2) is 4.98 Å². The molecule has 0 fully saturated rings. The second-order valence-electron chi connectivity index (χ2n) is 4.39. The number of hydrogen-bond acceptors (Lipinski definition) is 4. The molecule has 0 atom stereocenters. The molecule has 2 heterocycles. The van der Waals surface area contributed by atoms with Gasteiger partial charge in [-0.15, -0.1) is 0 Å². The first kappa shape index (κ1) is 12.2. The minimum absolute atomic E-state index is 0.0949. The Balaban J connectivity index is 2.08. The third-order valence-electron chi connectivity index (χ3n) is 3.19. The number of nitrogens with two attached hydrogens (primary N) is 1. The van der Waals surface area contributed by atoms with Crippen LogP contribution in [0.2, 0.25) is 0 Å². The molecular formula is C15H13N3O2. The van der Waals surface area contributed by atoms with Crippen LogP contribution in [0.15, 0.2) is 42.7 Å². The summed E-state index contributed by atoms with van der Waals surface area (Å²) >= 11 is 0. The van der Waals surface area contributed by atoms with Crippen molar-refractivity contribution in [3.8, 4) is 5.75 Å². The molecular weight excluding hydrogens is 254 g/mol. The van der Waals surface area contributed by atoms with Gasteiger partial charge in [-0.1, -0.05) is 0 Å². The first-order valence-electron chi connectivity index (χ1n) is 6.11. The summed E-state index contributed by atoms with van der Waals surface area (Å²) < 4.78 is 5.14. The maximum Gasteiger partial charge on any atom is 0.195 e. The van der Waals surface area contributed by atoms with Gasteiger partial charge in [0.2, 0.25) is 0 Å². The molecule has 0 aliphatic heterocycles. The highest BCUT2D eigenvalue weighted by molar-refractivity contribution is 6.16. The number of carbonyl (C=O) groups is 1. The summed E-state index contributed by atoms with van der Waals surface area (Å²) in [6.45, 7) is 0. The molecule has 0 radical (unpaired) electrons. The molecule has 0 unspecified atom stereocenters. The number of fused-ring (bicyclic) bond motifs is 1. The molecule has 3 N–H and O–H groups in total. The van der Waals surface area contributed by atoms with E-state index in [0.29, 0.717) is 28.2 Å². The van der Waals surface area contributed by atoms with Gasteiger partial charge >= 0.3 is 0 Å². The van der Waals surface area contributed by atoms with Crippen molar-refractivity contribution in [3.05, 3.63) is 53.9 Å². The third-order valence-corrected chi connectivity index (χ3v) is 3.19. The molecule has 0 aliphatic carbocycles. The average Bonchev–Trinajstić information content (AvgIpc) is 2.91. The van der Waals surface area contributed by atoms with Crippen molar-refractivity contribution in [3.63, 3.8) is 0 Å². The van der Waals surface area contributed by atoms with Crippen molar-refractivity contribution in [1.29, 1.82) is 0 Å². The summed E-state index contributed by atoms with van der Waals surface area (Å²) in [6.07, 6.45) is 3.35. The minimum Gasteiger partial charge on any atom is -0.495 e. The number of nitrogen functional groups attached to an aromatic ring is 1. The lowest BCUT2D eigenvalue weighted by atomic mass is 10.0. The fourth-order valence-corrected chi connectivity index (χ4v) is 2.15. The molecule has 3 aromatic rings. The SMILES string of the molecule is COc1cc(C(=O)c2c[nH]c3ncccc23)ccc1N. The van der Waals surface area contributed by atoms with E-state index < -0.39 is 0 Å². The molecule has 0 bridgehead atoms. The second-order valence-corrected chi connectivity index (χ2v) is 4.39. The number of rotatable bonds is 3. The lowest BCUT2D eigenvalue weighted by Crippen LogP contribution is -2.02. The molecule has 0 saturated heterocycles. The molecule has 0 aliphatic rings. The van der Waals surface area contributed by atoms with Crippen LogP contribution in [0.5, 0.6) is 5.75 Å². The van der Waals surface area contributed by atoms with Crippen molar-refractivity contribution in [2.75, 3.05) is 12.8 Å². The molecule has 0 spiro atoms. The Morgan fingerprint density at radius 2 is 2.20 bits per heavy atom. The lowest BCUT2D eigenvalue weighted by molar-refractivity contribution is 0.104. The Morgan fingerprint density at radius 1 is 1.35 bits per heavy atom. The Hall–Kier alpha value is -2.82. The number of benzene rings is 1. The van der Waals surface area contributed by atoms with Gasteiger partial charge < -0.3 is 15.5 Å². The normalized spacial score (nSPS) is 10.7. The fraction of sp³-hybridized carbons (Fsp3) is 0.0667. The Morgan fingerprint density at radius 3 is 3.00 bits per heavy atom. The van der Waals surface area contributed by atoms with Crippen LogP contribution in [-0.2, 0) is 0 Å². The van der Waals surface area contributed by atoms with Gasteiger partial charge in [0.1, 0.15) is 11.4 Å². The van der Waals surface area contributed by atoms with Crippen LogP contribution in [0.1, 0.15) is 15.9 Å². The number of nitrogens with zero attached hydrogens (tertiary/aromatic N) is 1. The number of ether oxygens (including phenoxy) is 1.